The van der Waals surface area contributed by atoms with E-state index in [0.717, 1.165) is 16.8 Å². The Bertz CT molecular complexity index is 1380. The molecule has 10 nitrogen and oxygen atoms in total. The van der Waals surface area contributed by atoms with Crippen LogP contribution in [0.4, 0.5) is 22.1 Å². The van der Waals surface area contributed by atoms with E-state index in [2.05, 4.69) is 10.3 Å². The maximum absolute atomic E-state index is 13.5. The molecular weight excluding hydrogens is 510 g/mol. The third-order valence-corrected chi connectivity index (χ3v) is 7.21. The number of aromatic nitrogens is 2. The normalized spacial score (nSPS) is 15.4. The second kappa shape index (κ2) is 10.7. The minimum absolute atomic E-state index is 0.0721. The fourth-order valence-corrected chi connectivity index (χ4v) is 5.13. The molecule has 1 aromatic heterocycles. The smallest absolute Gasteiger partial charge is 0.407 e. The van der Waals surface area contributed by atoms with Gasteiger partial charge in [0, 0.05) is 53.7 Å². The van der Waals surface area contributed by atoms with Crippen LogP contribution in [0, 0.1) is 5.92 Å². The Morgan fingerprint density at radius 3 is 2.61 bits per heavy atom. The quantitative estimate of drug-likeness (QED) is 0.459. The highest BCUT2D eigenvalue weighted by Gasteiger charge is 2.31. The van der Waals surface area contributed by atoms with Crippen molar-refractivity contribution in [1.82, 2.24) is 14.9 Å². The van der Waals surface area contributed by atoms with Crippen molar-refractivity contribution in [2.24, 2.45) is 5.92 Å². The zero-order valence-electron chi connectivity index (χ0n) is 21.1. The molecule has 2 amide bonds. The molecule has 38 heavy (non-hydrogen) atoms. The van der Waals surface area contributed by atoms with Crippen molar-refractivity contribution in [3.8, 4) is 22.8 Å². The van der Waals surface area contributed by atoms with Crippen molar-refractivity contribution < 1.29 is 24.2 Å². The molecule has 2 aliphatic rings. The van der Waals surface area contributed by atoms with Crippen LogP contribution in [0.2, 0.25) is 5.02 Å². The number of benzene rings is 2. The van der Waals surface area contributed by atoms with Crippen LogP contribution in [0.5, 0.6) is 11.5 Å². The summed E-state index contributed by atoms with van der Waals surface area (Å²) in [5, 5.41) is 13.0. The summed E-state index contributed by atoms with van der Waals surface area (Å²) in [6.45, 7) is 1.40. The molecule has 198 valence electrons. The van der Waals surface area contributed by atoms with E-state index in [-0.39, 0.29) is 18.2 Å². The molecule has 5 rings (SSSR count). The van der Waals surface area contributed by atoms with Gasteiger partial charge < -0.3 is 29.7 Å². The first-order valence-corrected chi connectivity index (χ1v) is 12.7. The Morgan fingerprint density at radius 2 is 1.89 bits per heavy atom. The number of likely N-dealkylation sites (tertiary alicyclic amines) is 1. The fraction of sp³-hybridized carbons (Fsp3) is 0.333. The van der Waals surface area contributed by atoms with E-state index in [1.54, 1.807) is 49.6 Å². The van der Waals surface area contributed by atoms with Gasteiger partial charge in [-0.3, -0.25) is 4.79 Å². The average Bonchev–Trinajstić information content (AvgIpc) is 3.02. The van der Waals surface area contributed by atoms with Gasteiger partial charge in [-0.05, 0) is 49.1 Å². The summed E-state index contributed by atoms with van der Waals surface area (Å²) in [6.07, 6.45) is 2.30. The van der Waals surface area contributed by atoms with Crippen LogP contribution in [0.3, 0.4) is 0 Å². The van der Waals surface area contributed by atoms with Crippen LogP contribution in [-0.4, -0.2) is 65.8 Å². The highest BCUT2D eigenvalue weighted by molar-refractivity contribution is 6.31. The number of ether oxygens (including phenoxy) is 2. The molecule has 0 radical (unpaired) electrons. The van der Waals surface area contributed by atoms with Gasteiger partial charge in [-0.25, -0.2) is 14.8 Å². The second-order valence-electron chi connectivity index (χ2n) is 9.32. The summed E-state index contributed by atoms with van der Waals surface area (Å²) in [5.41, 5.74) is 3.58. The summed E-state index contributed by atoms with van der Waals surface area (Å²) in [7, 11) is 3.15. The van der Waals surface area contributed by atoms with Gasteiger partial charge in [-0.2, -0.15) is 0 Å². The van der Waals surface area contributed by atoms with Gasteiger partial charge in [0.2, 0.25) is 11.9 Å². The number of amides is 2. The van der Waals surface area contributed by atoms with Crippen LogP contribution in [0.15, 0.2) is 42.6 Å². The van der Waals surface area contributed by atoms with Crippen LogP contribution in [0.25, 0.3) is 11.3 Å². The molecule has 2 aromatic carbocycles. The molecular formula is C27H28ClN5O5. The zero-order valence-corrected chi connectivity index (χ0v) is 21.9. The van der Waals surface area contributed by atoms with Crippen LogP contribution >= 0.6 is 11.6 Å². The van der Waals surface area contributed by atoms with Gasteiger partial charge in [0.1, 0.15) is 0 Å². The summed E-state index contributed by atoms with van der Waals surface area (Å²) >= 11 is 6.38. The number of methoxy groups -OCH3 is 2. The van der Waals surface area contributed by atoms with Gasteiger partial charge >= 0.3 is 6.09 Å². The first-order valence-electron chi connectivity index (χ1n) is 12.3. The van der Waals surface area contributed by atoms with Crippen molar-refractivity contribution in [2.75, 3.05) is 44.1 Å². The standard InChI is InChI=1S/C27H28ClN5O5/c1-37-22-6-4-19(13-23(22)38-2)30-26-29-14-17-11-24(34)33(15-16-7-9-32(10-8-16)27(35)36)21-12-18(28)3-5-20(21)25(17)31-26/h3-6,12-14,16H,7-11,15H2,1-2H3,(H,35,36)(H,29,30,31). The molecule has 0 spiro atoms. The minimum Gasteiger partial charge on any atom is -0.493 e. The molecule has 0 atom stereocenters. The summed E-state index contributed by atoms with van der Waals surface area (Å²) in [4.78, 5) is 37.2. The average molecular weight is 538 g/mol. The lowest BCUT2D eigenvalue weighted by Gasteiger charge is -2.33. The van der Waals surface area contributed by atoms with E-state index >= 15 is 0 Å². The number of halogens is 1. The number of anilines is 3. The summed E-state index contributed by atoms with van der Waals surface area (Å²) in [6, 6.07) is 10.9. The monoisotopic (exact) mass is 537 g/mol. The number of piperidine rings is 1. The molecule has 3 aromatic rings. The number of nitrogens with one attached hydrogen (secondary N) is 1. The third-order valence-electron chi connectivity index (χ3n) is 6.98. The van der Waals surface area contributed by atoms with E-state index in [0.29, 0.717) is 66.3 Å². The van der Waals surface area contributed by atoms with Crippen LogP contribution in [-0.2, 0) is 11.2 Å². The maximum Gasteiger partial charge on any atom is 0.407 e. The third kappa shape index (κ3) is 5.17. The van der Waals surface area contributed by atoms with E-state index < -0.39 is 6.09 Å². The fourth-order valence-electron chi connectivity index (χ4n) is 4.96. The number of fused-ring (bicyclic) bond motifs is 3. The number of rotatable bonds is 6. The largest absolute Gasteiger partial charge is 0.493 e. The van der Waals surface area contributed by atoms with E-state index in [4.69, 9.17) is 26.1 Å². The van der Waals surface area contributed by atoms with Crippen molar-refractivity contribution in [3.63, 3.8) is 0 Å². The number of hydrogen-bond acceptors (Lipinski definition) is 7. The van der Waals surface area contributed by atoms with Crippen molar-refractivity contribution in [3.05, 3.63) is 53.2 Å². The van der Waals surface area contributed by atoms with E-state index in [9.17, 15) is 14.7 Å². The van der Waals surface area contributed by atoms with Gasteiger partial charge in [-0.1, -0.05) is 11.6 Å². The highest BCUT2D eigenvalue weighted by Crippen LogP contribution is 2.39. The van der Waals surface area contributed by atoms with Crippen molar-refractivity contribution >= 4 is 40.9 Å². The van der Waals surface area contributed by atoms with Crippen molar-refractivity contribution in [2.45, 2.75) is 19.3 Å². The number of carbonyl (C=O) groups excluding carboxylic acids is 1. The molecule has 2 aliphatic heterocycles. The number of nitrogens with zero attached hydrogens (tertiary/aromatic N) is 4. The Balaban J connectivity index is 1.45. The zero-order chi connectivity index (χ0) is 26.8. The molecule has 0 aliphatic carbocycles. The van der Waals surface area contributed by atoms with Gasteiger partial charge in [0.15, 0.2) is 11.5 Å². The first-order chi connectivity index (χ1) is 18.4. The molecule has 11 heteroatoms. The Morgan fingerprint density at radius 1 is 1.13 bits per heavy atom. The number of carbonyl (C=O) groups is 2. The predicted molar refractivity (Wildman–Crippen MR) is 144 cm³/mol. The highest BCUT2D eigenvalue weighted by atomic mass is 35.5. The SMILES string of the molecule is COc1ccc(Nc2ncc3c(n2)-c2ccc(Cl)cc2N(CC2CCN(C(=O)O)CC2)C(=O)C3)cc1OC. The Hall–Kier alpha value is -4.05. The topological polar surface area (TPSA) is 117 Å². The van der Waals surface area contributed by atoms with Crippen LogP contribution in [0.1, 0.15) is 18.4 Å². The second-order valence-corrected chi connectivity index (χ2v) is 9.75. The van der Waals surface area contributed by atoms with E-state index in [1.807, 2.05) is 12.1 Å². The van der Waals surface area contributed by atoms with Gasteiger partial charge in [0.25, 0.3) is 0 Å². The summed E-state index contributed by atoms with van der Waals surface area (Å²) in [5.74, 6) is 1.66. The van der Waals surface area contributed by atoms with Gasteiger partial charge in [-0.15, -0.1) is 0 Å². The molecule has 1 fully saturated rings. The van der Waals surface area contributed by atoms with Crippen LogP contribution < -0.4 is 19.7 Å². The lowest BCUT2D eigenvalue weighted by Crippen LogP contribution is -2.42. The Kier molecular flexibility index (Phi) is 7.24. The predicted octanol–water partition coefficient (Wildman–Crippen LogP) is 4.84. The summed E-state index contributed by atoms with van der Waals surface area (Å²) < 4.78 is 10.7. The maximum atomic E-state index is 13.5. The minimum atomic E-state index is -0.905. The molecule has 0 unspecified atom stereocenters. The Labute approximate surface area is 225 Å². The lowest BCUT2D eigenvalue weighted by atomic mass is 9.96. The molecule has 0 saturated carbocycles. The molecule has 3 heterocycles. The van der Waals surface area contributed by atoms with Gasteiger partial charge in [0.05, 0.1) is 32.0 Å². The lowest BCUT2D eigenvalue weighted by molar-refractivity contribution is -0.118. The molecule has 1 saturated heterocycles. The van der Waals surface area contributed by atoms with Crippen molar-refractivity contribution in [1.29, 1.82) is 0 Å². The molecule has 0 bridgehead atoms. The number of carboxylic acid groups (broad SMARTS) is 1. The first kappa shape index (κ1) is 25.6. The van der Waals surface area contributed by atoms with E-state index in [1.165, 1.54) is 4.90 Å². The number of hydrogen-bond donors (Lipinski definition) is 2. The molecule has 2 N–H and O–H groups in total.